The van der Waals surface area contributed by atoms with Crippen LogP contribution in [0, 0.1) is 24.1 Å². The summed E-state index contributed by atoms with van der Waals surface area (Å²) in [5.41, 5.74) is 1.74. The van der Waals surface area contributed by atoms with Gasteiger partial charge >= 0.3 is 0 Å². The van der Waals surface area contributed by atoms with Crippen LogP contribution < -0.4 is 10.1 Å². The van der Waals surface area contributed by atoms with Gasteiger partial charge in [-0.05, 0) is 42.3 Å². The molecule has 23 heavy (non-hydrogen) atoms. The minimum Gasteiger partial charge on any atom is -0.482 e. The first kappa shape index (κ1) is 16.8. The highest BCUT2D eigenvalue weighted by molar-refractivity contribution is 6.32. The number of halogens is 2. The summed E-state index contributed by atoms with van der Waals surface area (Å²) in [6.07, 6.45) is 0. The lowest BCUT2D eigenvalue weighted by Crippen LogP contribution is -2.28. The van der Waals surface area contributed by atoms with E-state index >= 15 is 0 Å². The van der Waals surface area contributed by atoms with Crippen molar-refractivity contribution < 1.29 is 13.9 Å². The molecule has 0 saturated carbocycles. The highest BCUT2D eigenvalue weighted by Gasteiger charge is 2.07. The van der Waals surface area contributed by atoms with Crippen molar-refractivity contribution in [1.82, 2.24) is 5.32 Å². The predicted molar refractivity (Wildman–Crippen MR) is 84.6 cm³/mol. The average Bonchev–Trinajstić information content (AvgIpc) is 2.54. The second-order valence-electron chi connectivity index (χ2n) is 4.91. The third-order valence-corrected chi connectivity index (χ3v) is 3.43. The zero-order chi connectivity index (χ0) is 16.8. The van der Waals surface area contributed by atoms with Gasteiger partial charge in [-0.15, -0.1) is 0 Å². The van der Waals surface area contributed by atoms with Crippen LogP contribution in [0.15, 0.2) is 36.4 Å². The summed E-state index contributed by atoms with van der Waals surface area (Å²) >= 11 is 5.95. The van der Waals surface area contributed by atoms with Crippen LogP contribution in [0.2, 0.25) is 5.02 Å². The zero-order valence-corrected chi connectivity index (χ0v) is 13.2. The maximum Gasteiger partial charge on any atom is 0.258 e. The lowest BCUT2D eigenvalue weighted by Gasteiger charge is -2.09. The van der Waals surface area contributed by atoms with E-state index in [-0.39, 0.29) is 29.9 Å². The third kappa shape index (κ3) is 4.70. The van der Waals surface area contributed by atoms with Crippen molar-refractivity contribution >= 4 is 17.5 Å². The summed E-state index contributed by atoms with van der Waals surface area (Å²) in [5.74, 6) is -0.273. The van der Waals surface area contributed by atoms with Gasteiger partial charge in [0.05, 0.1) is 16.7 Å². The van der Waals surface area contributed by atoms with Crippen LogP contribution in [-0.4, -0.2) is 12.5 Å². The van der Waals surface area contributed by atoms with Crippen molar-refractivity contribution in [1.29, 1.82) is 5.26 Å². The van der Waals surface area contributed by atoms with Crippen LogP contribution in [0.25, 0.3) is 0 Å². The van der Waals surface area contributed by atoms with E-state index in [0.717, 1.165) is 5.56 Å². The Morgan fingerprint density at radius 3 is 2.78 bits per heavy atom. The zero-order valence-electron chi connectivity index (χ0n) is 12.4. The van der Waals surface area contributed by atoms with Crippen LogP contribution in [0.5, 0.6) is 5.75 Å². The molecule has 0 atom stereocenters. The smallest absolute Gasteiger partial charge is 0.258 e. The number of nitrogens with one attached hydrogen (secondary N) is 1. The molecule has 6 heteroatoms. The van der Waals surface area contributed by atoms with Gasteiger partial charge in [-0.25, -0.2) is 4.39 Å². The summed E-state index contributed by atoms with van der Waals surface area (Å²) < 4.78 is 18.5. The minimum atomic E-state index is -0.326. The molecular formula is C17H14ClFN2O2. The van der Waals surface area contributed by atoms with Crippen molar-refractivity contribution in [3.63, 3.8) is 0 Å². The molecule has 0 aliphatic heterocycles. The van der Waals surface area contributed by atoms with E-state index in [1.165, 1.54) is 18.2 Å². The van der Waals surface area contributed by atoms with Crippen LogP contribution in [0.3, 0.4) is 0 Å². The van der Waals surface area contributed by atoms with Gasteiger partial charge in [0.2, 0.25) is 0 Å². The molecule has 4 nitrogen and oxygen atoms in total. The number of hydrogen-bond donors (Lipinski definition) is 1. The van der Waals surface area contributed by atoms with E-state index in [9.17, 15) is 9.18 Å². The number of nitriles is 1. The average molecular weight is 333 g/mol. The van der Waals surface area contributed by atoms with Crippen molar-refractivity contribution in [2.45, 2.75) is 13.5 Å². The number of benzene rings is 2. The molecule has 2 rings (SSSR count). The molecule has 0 bridgehead atoms. The van der Waals surface area contributed by atoms with E-state index in [4.69, 9.17) is 21.6 Å². The second kappa shape index (κ2) is 7.61. The molecule has 1 amide bonds. The predicted octanol–water partition coefficient (Wildman–Crippen LogP) is 3.35. The van der Waals surface area contributed by atoms with Gasteiger partial charge in [0, 0.05) is 6.54 Å². The quantitative estimate of drug-likeness (QED) is 0.913. The molecule has 2 aromatic carbocycles. The first-order valence-electron chi connectivity index (χ1n) is 6.84. The number of carbonyl (C=O) groups excluding carboxylic acids is 1. The van der Waals surface area contributed by atoms with Gasteiger partial charge in [-0.2, -0.15) is 5.26 Å². The number of aryl methyl sites for hydroxylation is 1. The largest absolute Gasteiger partial charge is 0.482 e. The third-order valence-electron chi connectivity index (χ3n) is 3.13. The molecule has 0 fully saturated rings. The fourth-order valence-corrected chi connectivity index (χ4v) is 2.13. The monoisotopic (exact) mass is 332 g/mol. The SMILES string of the molecule is Cc1cc(CNC(=O)COc2ccc(C#N)cc2Cl)ccc1F. The highest BCUT2D eigenvalue weighted by atomic mass is 35.5. The van der Waals surface area contributed by atoms with Crippen molar-refractivity contribution in [2.75, 3.05) is 6.61 Å². The van der Waals surface area contributed by atoms with E-state index in [0.29, 0.717) is 16.9 Å². The van der Waals surface area contributed by atoms with Crippen molar-refractivity contribution in [3.05, 3.63) is 63.9 Å². The molecule has 0 aliphatic carbocycles. The van der Waals surface area contributed by atoms with Crippen LogP contribution in [0.1, 0.15) is 16.7 Å². The number of nitrogens with zero attached hydrogens (tertiary/aromatic N) is 1. The molecule has 0 unspecified atom stereocenters. The molecule has 0 aliphatic rings. The van der Waals surface area contributed by atoms with Gasteiger partial charge in [0.15, 0.2) is 6.61 Å². The first-order valence-corrected chi connectivity index (χ1v) is 7.21. The molecule has 0 heterocycles. The standard InChI is InChI=1S/C17H14ClFN2O2/c1-11-6-13(2-4-15(11)19)9-21-17(22)10-23-16-5-3-12(8-20)7-14(16)18/h2-7H,9-10H2,1H3,(H,21,22). The van der Waals surface area contributed by atoms with Gasteiger partial charge < -0.3 is 10.1 Å². The Bertz CT molecular complexity index is 772. The van der Waals surface area contributed by atoms with E-state index in [1.54, 1.807) is 25.1 Å². The van der Waals surface area contributed by atoms with E-state index in [2.05, 4.69) is 5.32 Å². The number of amides is 1. The Labute approximate surface area is 138 Å². The molecule has 2 aromatic rings. The van der Waals surface area contributed by atoms with Gasteiger partial charge in [-0.1, -0.05) is 23.7 Å². The van der Waals surface area contributed by atoms with E-state index < -0.39 is 0 Å². The maximum atomic E-state index is 13.2. The van der Waals surface area contributed by atoms with E-state index in [1.807, 2.05) is 6.07 Å². The molecule has 1 N–H and O–H groups in total. The van der Waals surface area contributed by atoms with Crippen molar-refractivity contribution in [2.24, 2.45) is 0 Å². The first-order chi connectivity index (χ1) is 11.0. The number of ether oxygens (including phenoxy) is 1. The second-order valence-corrected chi connectivity index (χ2v) is 5.31. The Hall–Kier alpha value is -2.58. The normalized spacial score (nSPS) is 10.0. The lowest BCUT2D eigenvalue weighted by molar-refractivity contribution is -0.123. The molecule has 118 valence electrons. The summed E-state index contributed by atoms with van der Waals surface area (Å²) in [6.45, 7) is 1.74. The fraction of sp³-hybridized carbons (Fsp3) is 0.176. The van der Waals surface area contributed by atoms with Crippen LogP contribution in [-0.2, 0) is 11.3 Å². The summed E-state index contributed by atoms with van der Waals surface area (Å²) in [6, 6.07) is 11.2. The lowest BCUT2D eigenvalue weighted by atomic mass is 10.1. The van der Waals surface area contributed by atoms with Crippen LogP contribution >= 0.6 is 11.6 Å². The minimum absolute atomic E-state index is 0.203. The topological polar surface area (TPSA) is 62.1 Å². The molecule has 0 spiro atoms. The molecule has 0 aromatic heterocycles. The number of hydrogen-bond acceptors (Lipinski definition) is 3. The fourth-order valence-electron chi connectivity index (χ4n) is 1.90. The molecule has 0 saturated heterocycles. The highest BCUT2D eigenvalue weighted by Crippen LogP contribution is 2.25. The summed E-state index contributed by atoms with van der Waals surface area (Å²) in [4.78, 5) is 11.8. The van der Waals surface area contributed by atoms with Gasteiger partial charge in [-0.3, -0.25) is 4.79 Å². The Morgan fingerprint density at radius 1 is 1.35 bits per heavy atom. The summed E-state index contributed by atoms with van der Waals surface area (Å²) in [7, 11) is 0. The van der Waals surface area contributed by atoms with Crippen LogP contribution in [0.4, 0.5) is 4.39 Å². The number of carbonyl (C=O) groups is 1. The molecular weight excluding hydrogens is 319 g/mol. The van der Waals surface area contributed by atoms with Crippen molar-refractivity contribution in [3.8, 4) is 11.8 Å². The van der Waals surface area contributed by atoms with Gasteiger partial charge in [0.1, 0.15) is 11.6 Å². The molecule has 0 radical (unpaired) electrons. The Balaban J connectivity index is 1.85. The maximum absolute atomic E-state index is 13.2. The summed E-state index contributed by atoms with van der Waals surface area (Å²) in [5, 5.41) is 11.7. The Kier molecular flexibility index (Phi) is 5.56. The number of rotatable bonds is 5. The Morgan fingerprint density at radius 2 is 2.13 bits per heavy atom. The van der Waals surface area contributed by atoms with Gasteiger partial charge in [0.25, 0.3) is 5.91 Å².